The van der Waals surface area contributed by atoms with Crippen LogP contribution in [0.3, 0.4) is 0 Å². The van der Waals surface area contributed by atoms with E-state index in [9.17, 15) is 9.59 Å². The van der Waals surface area contributed by atoms with Gasteiger partial charge in [-0.15, -0.1) is 0 Å². The van der Waals surface area contributed by atoms with Crippen LogP contribution in [-0.4, -0.2) is 35.6 Å². The third kappa shape index (κ3) is 1.87. The monoisotopic (exact) mass is 195 g/mol. The minimum atomic E-state index is -0.146. The van der Waals surface area contributed by atoms with Gasteiger partial charge in [0.05, 0.1) is 6.04 Å². The number of rotatable bonds is 1. The molecule has 0 radical (unpaired) electrons. The lowest BCUT2D eigenvalue weighted by Crippen LogP contribution is -2.48. The summed E-state index contributed by atoms with van der Waals surface area (Å²) in [6, 6.07) is -0.0726. The summed E-state index contributed by atoms with van der Waals surface area (Å²) in [5, 5.41) is 0. The van der Waals surface area contributed by atoms with E-state index in [1.807, 2.05) is 0 Å². The van der Waals surface area contributed by atoms with Gasteiger partial charge in [0.1, 0.15) is 0 Å². The Labute approximate surface area is 84.5 Å². The Morgan fingerprint density at radius 3 is 2.43 bits per heavy atom. The zero-order valence-corrected chi connectivity index (χ0v) is 8.50. The Bertz CT molecular complexity index is 244. The molecule has 0 aromatic carbocycles. The molecule has 1 aliphatic carbocycles. The molecule has 0 aromatic rings. The summed E-state index contributed by atoms with van der Waals surface area (Å²) < 4.78 is 0. The van der Waals surface area contributed by atoms with Crippen LogP contribution in [0.2, 0.25) is 0 Å². The van der Waals surface area contributed by atoms with Crippen molar-refractivity contribution in [3.05, 3.63) is 0 Å². The van der Waals surface area contributed by atoms with E-state index < -0.39 is 0 Å². The van der Waals surface area contributed by atoms with Gasteiger partial charge in [0.2, 0.25) is 5.78 Å². The number of hydrogen-bond donors (Lipinski definition) is 0. The highest BCUT2D eigenvalue weighted by Gasteiger charge is 2.33. The molecular weight excluding hydrogens is 178 g/mol. The Hall–Kier alpha value is -0.700. The number of likely N-dealkylation sites (tertiary alicyclic amines) is 1. The quantitative estimate of drug-likeness (QED) is 0.589. The predicted octanol–water partition coefficient (Wildman–Crippen LogP) is 1.16. The minimum Gasteiger partial charge on any atom is -0.293 e. The fraction of sp³-hybridized carbons (Fsp3) is 0.818. The van der Waals surface area contributed by atoms with Gasteiger partial charge in [0.15, 0.2) is 5.78 Å². The zero-order chi connectivity index (χ0) is 9.97. The fourth-order valence-electron chi connectivity index (χ4n) is 2.47. The van der Waals surface area contributed by atoms with Crippen LogP contribution >= 0.6 is 0 Å². The molecule has 2 fully saturated rings. The first-order valence-electron chi connectivity index (χ1n) is 5.60. The maximum atomic E-state index is 11.6. The van der Waals surface area contributed by atoms with Crippen molar-refractivity contribution in [2.75, 3.05) is 13.1 Å². The van der Waals surface area contributed by atoms with E-state index in [-0.39, 0.29) is 17.6 Å². The number of ketones is 2. The Morgan fingerprint density at radius 2 is 1.71 bits per heavy atom. The molecule has 1 unspecified atom stereocenters. The Morgan fingerprint density at radius 1 is 1.00 bits per heavy atom. The average Bonchev–Trinajstić information content (AvgIpc) is 2.23. The van der Waals surface area contributed by atoms with Crippen LogP contribution in [0.25, 0.3) is 0 Å². The molecule has 1 heterocycles. The van der Waals surface area contributed by atoms with E-state index in [1.165, 1.54) is 19.3 Å². The lowest BCUT2D eigenvalue weighted by molar-refractivity contribution is -0.142. The SMILES string of the molecule is O=C1CCCC(N2CCCCC2)C1=O. The highest BCUT2D eigenvalue weighted by atomic mass is 16.2. The second-order valence-electron chi connectivity index (χ2n) is 4.29. The van der Waals surface area contributed by atoms with Gasteiger partial charge in [-0.3, -0.25) is 14.5 Å². The van der Waals surface area contributed by atoms with Gasteiger partial charge in [-0.2, -0.15) is 0 Å². The summed E-state index contributed by atoms with van der Waals surface area (Å²) in [4.78, 5) is 25.1. The molecule has 1 aliphatic heterocycles. The Kier molecular flexibility index (Phi) is 2.96. The van der Waals surface area contributed by atoms with Gasteiger partial charge in [-0.1, -0.05) is 6.42 Å². The molecule has 0 bridgehead atoms. The largest absolute Gasteiger partial charge is 0.293 e. The molecule has 2 aliphatic rings. The van der Waals surface area contributed by atoms with Crippen LogP contribution < -0.4 is 0 Å². The highest BCUT2D eigenvalue weighted by Crippen LogP contribution is 2.21. The lowest BCUT2D eigenvalue weighted by atomic mass is 9.90. The zero-order valence-electron chi connectivity index (χ0n) is 8.50. The van der Waals surface area contributed by atoms with Gasteiger partial charge in [-0.25, -0.2) is 0 Å². The summed E-state index contributed by atoms with van der Waals surface area (Å²) in [6.07, 6.45) is 5.89. The number of carbonyl (C=O) groups excluding carboxylic acids is 2. The standard InChI is InChI=1S/C11H17NO2/c13-10-6-4-5-9(11(10)14)12-7-2-1-3-8-12/h9H,1-8H2. The first kappa shape index (κ1) is 9.84. The van der Waals surface area contributed by atoms with E-state index in [0.717, 1.165) is 25.9 Å². The van der Waals surface area contributed by atoms with Crippen LogP contribution in [0.5, 0.6) is 0 Å². The molecule has 1 saturated heterocycles. The first-order chi connectivity index (χ1) is 6.79. The first-order valence-corrected chi connectivity index (χ1v) is 5.60. The molecule has 3 nitrogen and oxygen atoms in total. The summed E-state index contributed by atoms with van der Waals surface area (Å²) in [7, 11) is 0. The van der Waals surface area contributed by atoms with E-state index >= 15 is 0 Å². The van der Waals surface area contributed by atoms with E-state index in [0.29, 0.717) is 6.42 Å². The van der Waals surface area contributed by atoms with Gasteiger partial charge in [-0.05, 0) is 38.8 Å². The molecule has 0 amide bonds. The summed E-state index contributed by atoms with van der Waals surface area (Å²) in [6.45, 7) is 2.01. The van der Waals surface area contributed by atoms with Crippen molar-refractivity contribution >= 4 is 11.6 Å². The molecule has 3 heteroatoms. The molecule has 78 valence electrons. The van der Waals surface area contributed by atoms with E-state index in [2.05, 4.69) is 4.90 Å². The van der Waals surface area contributed by atoms with Crippen molar-refractivity contribution in [2.45, 2.75) is 44.6 Å². The van der Waals surface area contributed by atoms with Crippen LogP contribution in [0.4, 0.5) is 0 Å². The fourth-order valence-corrected chi connectivity index (χ4v) is 2.47. The number of Topliss-reactive ketones (excluding diaryl/α,β-unsaturated/α-hetero) is 2. The average molecular weight is 195 g/mol. The third-order valence-corrected chi connectivity index (χ3v) is 3.29. The lowest BCUT2D eigenvalue weighted by Gasteiger charge is -2.34. The summed E-state index contributed by atoms with van der Waals surface area (Å²) in [5.74, 6) is -0.273. The number of hydrogen-bond acceptors (Lipinski definition) is 3. The smallest absolute Gasteiger partial charge is 0.215 e. The topological polar surface area (TPSA) is 37.4 Å². The van der Waals surface area contributed by atoms with Crippen LogP contribution in [0.15, 0.2) is 0 Å². The molecule has 14 heavy (non-hydrogen) atoms. The number of carbonyl (C=O) groups is 2. The molecule has 2 rings (SSSR count). The van der Waals surface area contributed by atoms with Crippen molar-refractivity contribution in [1.82, 2.24) is 4.90 Å². The van der Waals surface area contributed by atoms with Gasteiger partial charge < -0.3 is 0 Å². The van der Waals surface area contributed by atoms with E-state index in [1.54, 1.807) is 0 Å². The molecule has 1 saturated carbocycles. The Balaban J connectivity index is 2.00. The van der Waals surface area contributed by atoms with Crippen LogP contribution in [0, 0.1) is 0 Å². The highest BCUT2D eigenvalue weighted by molar-refractivity contribution is 6.39. The molecular formula is C11H17NO2. The maximum absolute atomic E-state index is 11.6. The summed E-state index contributed by atoms with van der Waals surface area (Å²) in [5.41, 5.74) is 0. The van der Waals surface area contributed by atoms with Gasteiger partial charge in [0, 0.05) is 6.42 Å². The number of nitrogens with zero attached hydrogens (tertiary/aromatic N) is 1. The van der Waals surface area contributed by atoms with Crippen molar-refractivity contribution in [3.8, 4) is 0 Å². The van der Waals surface area contributed by atoms with Crippen molar-refractivity contribution < 1.29 is 9.59 Å². The van der Waals surface area contributed by atoms with Gasteiger partial charge in [0.25, 0.3) is 0 Å². The molecule has 0 spiro atoms. The minimum absolute atomic E-state index is 0.0726. The van der Waals surface area contributed by atoms with Crippen LogP contribution in [0.1, 0.15) is 38.5 Å². The van der Waals surface area contributed by atoms with Gasteiger partial charge >= 0.3 is 0 Å². The number of piperidine rings is 1. The normalized spacial score (nSPS) is 30.7. The van der Waals surface area contributed by atoms with E-state index in [4.69, 9.17) is 0 Å². The van der Waals surface area contributed by atoms with Crippen molar-refractivity contribution in [3.63, 3.8) is 0 Å². The summed E-state index contributed by atoms with van der Waals surface area (Å²) >= 11 is 0. The third-order valence-electron chi connectivity index (χ3n) is 3.29. The second kappa shape index (κ2) is 4.22. The molecule has 0 N–H and O–H groups in total. The van der Waals surface area contributed by atoms with Crippen molar-refractivity contribution in [2.24, 2.45) is 0 Å². The maximum Gasteiger partial charge on any atom is 0.215 e. The predicted molar refractivity (Wildman–Crippen MR) is 53.1 cm³/mol. The molecule has 1 atom stereocenters. The second-order valence-corrected chi connectivity index (χ2v) is 4.29. The molecule has 0 aromatic heterocycles. The van der Waals surface area contributed by atoms with Crippen LogP contribution in [-0.2, 0) is 9.59 Å². The van der Waals surface area contributed by atoms with Crippen molar-refractivity contribution in [1.29, 1.82) is 0 Å².